The standard InChI is InChI=1S/C14H22N4OS/c1-3-11-10(9-18(2)17-11)8-16-13(19)14(12(15)20)6-4-5-7-14/h9H,3-8H2,1-2H3,(H2,15,20)(H,16,19). The van der Waals surface area contributed by atoms with Crippen LogP contribution in [0.15, 0.2) is 6.20 Å². The Morgan fingerprint density at radius 2 is 2.20 bits per heavy atom. The third-order valence-corrected chi connectivity index (χ3v) is 4.52. The van der Waals surface area contributed by atoms with Gasteiger partial charge in [-0.05, 0) is 19.3 Å². The van der Waals surface area contributed by atoms with Crippen molar-refractivity contribution in [2.24, 2.45) is 18.2 Å². The minimum absolute atomic E-state index is 0.0339. The number of hydrogen-bond donors (Lipinski definition) is 2. The second-order valence-electron chi connectivity index (χ2n) is 5.46. The highest BCUT2D eigenvalue weighted by Gasteiger charge is 2.43. The minimum atomic E-state index is -0.635. The summed E-state index contributed by atoms with van der Waals surface area (Å²) in [5, 5.41) is 7.36. The Labute approximate surface area is 124 Å². The van der Waals surface area contributed by atoms with Crippen molar-refractivity contribution in [1.29, 1.82) is 0 Å². The maximum atomic E-state index is 12.5. The molecule has 110 valence electrons. The highest BCUT2D eigenvalue weighted by atomic mass is 32.1. The molecule has 5 nitrogen and oxygen atoms in total. The number of nitrogens with one attached hydrogen (secondary N) is 1. The molecular weight excluding hydrogens is 272 g/mol. The lowest BCUT2D eigenvalue weighted by atomic mass is 9.85. The van der Waals surface area contributed by atoms with E-state index < -0.39 is 5.41 Å². The van der Waals surface area contributed by atoms with E-state index in [1.807, 2.05) is 13.2 Å². The van der Waals surface area contributed by atoms with Crippen LogP contribution in [0.1, 0.15) is 43.9 Å². The molecule has 0 spiro atoms. The van der Waals surface area contributed by atoms with Crippen LogP contribution in [-0.2, 0) is 24.8 Å². The van der Waals surface area contributed by atoms with Gasteiger partial charge in [0.1, 0.15) is 0 Å². The summed E-state index contributed by atoms with van der Waals surface area (Å²) < 4.78 is 1.78. The third-order valence-electron chi connectivity index (χ3n) is 4.13. The van der Waals surface area contributed by atoms with Gasteiger partial charge in [-0.25, -0.2) is 0 Å². The van der Waals surface area contributed by atoms with Gasteiger partial charge >= 0.3 is 0 Å². The van der Waals surface area contributed by atoms with E-state index in [0.29, 0.717) is 11.5 Å². The van der Waals surface area contributed by atoms with E-state index in [9.17, 15) is 4.79 Å². The van der Waals surface area contributed by atoms with Crippen LogP contribution in [0.2, 0.25) is 0 Å². The highest BCUT2D eigenvalue weighted by Crippen LogP contribution is 2.38. The Kier molecular flexibility index (Phi) is 4.42. The number of rotatable bonds is 5. The summed E-state index contributed by atoms with van der Waals surface area (Å²) in [5.41, 5.74) is 7.25. The number of nitrogens with two attached hydrogens (primary N) is 1. The number of nitrogens with zero attached hydrogens (tertiary/aromatic N) is 2. The van der Waals surface area contributed by atoms with Gasteiger partial charge in [0.15, 0.2) is 0 Å². The molecule has 1 amide bonds. The number of carbonyl (C=O) groups is 1. The first-order chi connectivity index (χ1) is 9.49. The Balaban J connectivity index is 2.06. The molecule has 0 aliphatic heterocycles. The predicted octanol–water partition coefficient (Wildman–Crippen LogP) is 1.45. The van der Waals surface area contributed by atoms with E-state index in [4.69, 9.17) is 18.0 Å². The van der Waals surface area contributed by atoms with Crippen molar-refractivity contribution in [1.82, 2.24) is 15.1 Å². The summed E-state index contributed by atoms with van der Waals surface area (Å²) in [7, 11) is 1.89. The second-order valence-corrected chi connectivity index (χ2v) is 5.90. The summed E-state index contributed by atoms with van der Waals surface area (Å²) in [5.74, 6) is -0.0339. The molecule has 3 N–H and O–H groups in total. The quantitative estimate of drug-likeness (QED) is 0.806. The molecule has 1 aliphatic carbocycles. The largest absolute Gasteiger partial charge is 0.392 e. The van der Waals surface area contributed by atoms with Crippen molar-refractivity contribution in [3.05, 3.63) is 17.5 Å². The van der Waals surface area contributed by atoms with E-state index in [0.717, 1.165) is 43.4 Å². The zero-order valence-corrected chi connectivity index (χ0v) is 12.9. The highest BCUT2D eigenvalue weighted by molar-refractivity contribution is 7.80. The normalized spacial score (nSPS) is 17.1. The molecule has 0 saturated heterocycles. The minimum Gasteiger partial charge on any atom is -0.392 e. The molecule has 2 rings (SSSR count). The number of carbonyl (C=O) groups excluding carboxylic acids is 1. The number of aromatic nitrogens is 2. The van der Waals surface area contributed by atoms with Crippen LogP contribution in [0, 0.1) is 5.41 Å². The third kappa shape index (κ3) is 2.70. The molecule has 0 atom stereocenters. The fourth-order valence-electron chi connectivity index (χ4n) is 2.94. The molecule has 0 radical (unpaired) electrons. The summed E-state index contributed by atoms with van der Waals surface area (Å²) in [6.07, 6.45) is 6.35. The summed E-state index contributed by atoms with van der Waals surface area (Å²) in [4.78, 5) is 12.8. The Morgan fingerprint density at radius 1 is 1.55 bits per heavy atom. The maximum absolute atomic E-state index is 12.5. The van der Waals surface area contributed by atoms with Crippen molar-refractivity contribution in [3.63, 3.8) is 0 Å². The van der Waals surface area contributed by atoms with Crippen LogP contribution in [0.3, 0.4) is 0 Å². The smallest absolute Gasteiger partial charge is 0.233 e. The van der Waals surface area contributed by atoms with E-state index in [1.165, 1.54) is 0 Å². The topological polar surface area (TPSA) is 72.9 Å². The van der Waals surface area contributed by atoms with Gasteiger partial charge in [-0.15, -0.1) is 0 Å². The molecule has 0 unspecified atom stereocenters. The molecule has 1 aromatic rings. The van der Waals surface area contributed by atoms with Crippen molar-refractivity contribution in [2.45, 2.75) is 45.6 Å². The molecule has 1 aromatic heterocycles. The van der Waals surface area contributed by atoms with Crippen LogP contribution >= 0.6 is 12.2 Å². The number of thiocarbonyl (C=S) groups is 1. The molecule has 1 heterocycles. The molecule has 0 bridgehead atoms. The first-order valence-corrected chi connectivity index (χ1v) is 7.50. The van der Waals surface area contributed by atoms with Crippen LogP contribution < -0.4 is 11.1 Å². The van der Waals surface area contributed by atoms with Crippen LogP contribution in [-0.4, -0.2) is 20.7 Å². The van der Waals surface area contributed by atoms with E-state index in [-0.39, 0.29) is 5.91 Å². The fourth-order valence-corrected chi connectivity index (χ4v) is 3.23. The SMILES string of the molecule is CCc1nn(C)cc1CNC(=O)C1(C(N)=S)CCCC1. The first-order valence-electron chi connectivity index (χ1n) is 7.09. The molecule has 1 fully saturated rings. The van der Waals surface area contributed by atoms with Gasteiger partial charge in [-0.3, -0.25) is 9.48 Å². The molecular formula is C14H22N4OS. The lowest BCUT2D eigenvalue weighted by molar-refractivity contribution is -0.127. The Hall–Kier alpha value is -1.43. The average molecular weight is 294 g/mol. The molecule has 6 heteroatoms. The van der Waals surface area contributed by atoms with Gasteiger partial charge in [-0.1, -0.05) is 32.0 Å². The van der Waals surface area contributed by atoms with Gasteiger partial charge < -0.3 is 11.1 Å². The van der Waals surface area contributed by atoms with Gasteiger partial charge in [0, 0.05) is 25.4 Å². The van der Waals surface area contributed by atoms with E-state index in [1.54, 1.807) is 4.68 Å². The van der Waals surface area contributed by atoms with Gasteiger partial charge in [0.25, 0.3) is 0 Å². The van der Waals surface area contributed by atoms with Gasteiger partial charge in [0.05, 0.1) is 16.1 Å². The number of hydrogen-bond acceptors (Lipinski definition) is 3. The average Bonchev–Trinajstić information content (AvgIpc) is 3.02. The number of amides is 1. The van der Waals surface area contributed by atoms with Gasteiger partial charge in [-0.2, -0.15) is 5.10 Å². The van der Waals surface area contributed by atoms with E-state index >= 15 is 0 Å². The number of aryl methyl sites for hydroxylation is 2. The van der Waals surface area contributed by atoms with Crippen LogP contribution in [0.4, 0.5) is 0 Å². The molecule has 20 heavy (non-hydrogen) atoms. The Bertz CT molecular complexity index is 517. The van der Waals surface area contributed by atoms with Crippen LogP contribution in [0.25, 0.3) is 0 Å². The summed E-state index contributed by atoms with van der Waals surface area (Å²) >= 11 is 5.13. The lowest BCUT2D eigenvalue weighted by Gasteiger charge is -2.26. The Morgan fingerprint density at radius 3 is 2.75 bits per heavy atom. The van der Waals surface area contributed by atoms with Crippen molar-refractivity contribution in [3.8, 4) is 0 Å². The van der Waals surface area contributed by atoms with Crippen molar-refractivity contribution in [2.75, 3.05) is 0 Å². The lowest BCUT2D eigenvalue weighted by Crippen LogP contribution is -2.47. The predicted molar refractivity (Wildman–Crippen MR) is 82.1 cm³/mol. The summed E-state index contributed by atoms with van der Waals surface area (Å²) in [6, 6.07) is 0. The van der Waals surface area contributed by atoms with E-state index in [2.05, 4.69) is 17.3 Å². The zero-order chi connectivity index (χ0) is 14.8. The first kappa shape index (κ1) is 15.0. The maximum Gasteiger partial charge on any atom is 0.233 e. The van der Waals surface area contributed by atoms with Crippen molar-refractivity contribution >= 4 is 23.1 Å². The summed E-state index contributed by atoms with van der Waals surface area (Å²) in [6.45, 7) is 2.54. The molecule has 0 aromatic carbocycles. The molecule has 1 saturated carbocycles. The zero-order valence-electron chi connectivity index (χ0n) is 12.1. The van der Waals surface area contributed by atoms with Crippen LogP contribution in [0.5, 0.6) is 0 Å². The van der Waals surface area contributed by atoms with Gasteiger partial charge in [0.2, 0.25) is 5.91 Å². The van der Waals surface area contributed by atoms with Crippen molar-refractivity contribution < 1.29 is 4.79 Å². The fraction of sp³-hybridized carbons (Fsp3) is 0.643. The monoisotopic (exact) mass is 294 g/mol. The molecule has 1 aliphatic rings. The second kappa shape index (κ2) is 5.91.